The highest BCUT2D eigenvalue weighted by atomic mass is 35.5. The molecule has 7 heteroatoms. The molecular formula is C22H15ClN6. The summed E-state index contributed by atoms with van der Waals surface area (Å²) in [4.78, 5) is 12.0. The maximum Gasteiger partial charge on any atom is 0.138 e. The number of nitrogens with one attached hydrogen (secondary N) is 2. The van der Waals surface area contributed by atoms with Crippen LogP contribution < -0.4 is 5.32 Å². The van der Waals surface area contributed by atoms with Gasteiger partial charge in [0, 0.05) is 34.8 Å². The zero-order chi connectivity index (χ0) is 19.6. The van der Waals surface area contributed by atoms with E-state index in [1.807, 2.05) is 60.7 Å². The number of hydrogen-bond donors (Lipinski definition) is 2. The predicted molar refractivity (Wildman–Crippen MR) is 115 cm³/mol. The minimum Gasteiger partial charge on any atom is -0.356 e. The predicted octanol–water partition coefficient (Wildman–Crippen LogP) is 5.48. The zero-order valence-corrected chi connectivity index (χ0v) is 15.9. The number of imidazole rings is 1. The molecule has 2 aromatic carbocycles. The van der Waals surface area contributed by atoms with Crippen molar-refractivity contribution >= 4 is 34.0 Å². The fraction of sp³-hybridized carbons (Fsp3) is 0. The molecule has 29 heavy (non-hydrogen) atoms. The normalized spacial score (nSPS) is 10.9. The lowest BCUT2D eigenvalue weighted by atomic mass is 10.1. The van der Waals surface area contributed by atoms with E-state index < -0.39 is 0 Å². The third-order valence-electron chi connectivity index (χ3n) is 4.51. The summed E-state index contributed by atoms with van der Waals surface area (Å²) >= 11 is 5.96. The van der Waals surface area contributed by atoms with Crippen LogP contribution in [0, 0.1) is 0 Å². The summed E-state index contributed by atoms with van der Waals surface area (Å²) in [5.74, 6) is 0.769. The van der Waals surface area contributed by atoms with Crippen LogP contribution in [0.15, 0.2) is 79.1 Å². The number of aromatic amines is 1. The molecule has 5 aromatic rings. The number of anilines is 2. The van der Waals surface area contributed by atoms with Crippen LogP contribution in [0.3, 0.4) is 0 Å². The van der Waals surface area contributed by atoms with Crippen molar-refractivity contribution in [2.24, 2.45) is 0 Å². The topological polar surface area (TPSA) is 79.4 Å². The molecule has 0 aliphatic rings. The number of fused-ring (bicyclic) bond motifs is 1. The molecule has 6 nitrogen and oxygen atoms in total. The van der Waals surface area contributed by atoms with E-state index in [4.69, 9.17) is 11.6 Å². The van der Waals surface area contributed by atoms with Gasteiger partial charge in [-0.2, -0.15) is 10.2 Å². The Morgan fingerprint density at radius 1 is 0.862 bits per heavy atom. The van der Waals surface area contributed by atoms with Gasteiger partial charge in [-0.05, 0) is 36.4 Å². The Labute approximate surface area is 171 Å². The van der Waals surface area contributed by atoms with Crippen molar-refractivity contribution in [1.82, 2.24) is 25.1 Å². The van der Waals surface area contributed by atoms with E-state index in [1.54, 1.807) is 18.5 Å². The molecule has 0 aliphatic carbocycles. The number of aromatic nitrogens is 5. The summed E-state index contributed by atoms with van der Waals surface area (Å²) in [6.45, 7) is 0. The van der Waals surface area contributed by atoms with E-state index in [0.29, 0.717) is 5.15 Å². The van der Waals surface area contributed by atoms with E-state index in [1.165, 1.54) is 0 Å². The molecule has 0 unspecified atom stereocenters. The zero-order valence-electron chi connectivity index (χ0n) is 15.2. The van der Waals surface area contributed by atoms with Gasteiger partial charge in [-0.15, -0.1) is 0 Å². The average Bonchev–Trinajstić information content (AvgIpc) is 3.18. The van der Waals surface area contributed by atoms with Crippen molar-refractivity contribution in [1.29, 1.82) is 0 Å². The van der Waals surface area contributed by atoms with E-state index in [9.17, 15) is 0 Å². The van der Waals surface area contributed by atoms with Gasteiger partial charge in [0.2, 0.25) is 0 Å². The highest BCUT2D eigenvalue weighted by molar-refractivity contribution is 6.29. The van der Waals surface area contributed by atoms with Crippen molar-refractivity contribution in [3.05, 3.63) is 84.3 Å². The number of rotatable bonds is 4. The highest BCUT2D eigenvalue weighted by Gasteiger charge is 2.07. The second-order valence-electron chi connectivity index (χ2n) is 6.50. The molecule has 0 spiro atoms. The SMILES string of the molecule is Clc1cc2[nH]c(-c3cccc(Nc4ccc(-c5cccnn5)cc4)c3)nc2cn1. The Bertz CT molecular complexity index is 1280. The summed E-state index contributed by atoms with van der Waals surface area (Å²) in [7, 11) is 0. The third kappa shape index (κ3) is 3.66. The molecular weight excluding hydrogens is 384 g/mol. The molecule has 0 saturated heterocycles. The van der Waals surface area contributed by atoms with E-state index in [-0.39, 0.29) is 0 Å². The van der Waals surface area contributed by atoms with Gasteiger partial charge in [0.25, 0.3) is 0 Å². The van der Waals surface area contributed by atoms with Crippen molar-refractivity contribution < 1.29 is 0 Å². The van der Waals surface area contributed by atoms with E-state index in [2.05, 4.69) is 30.5 Å². The molecule has 0 bridgehead atoms. The first-order chi connectivity index (χ1) is 14.2. The molecule has 5 rings (SSSR count). The average molecular weight is 399 g/mol. The minimum absolute atomic E-state index is 0.438. The third-order valence-corrected chi connectivity index (χ3v) is 4.72. The summed E-state index contributed by atoms with van der Waals surface area (Å²) in [6.07, 6.45) is 3.33. The monoisotopic (exact) mass is 398 g/mol. The second-order valence-corrected chi connectivity index (χ2v) is 6.89. The molecule has 2 N–H and O–H groups in total. The molecule has 140 valence electrons. The van der Waals surface area contributed by atoms with Crippen molar-refractivity contribution in [3.8, 4) is 22.6 Å². The summed E-state index contributed by atoms with van der Waals surface area (Å²) in [5, 5.41) is 11.9. The Balaban J connectivity index is 1.39. The van der Waals surface area contributed by atoms with Crippen LogP contribution in [-0.2, 0) is 0 Å². The fourth-order valence-corrected chi connectivity index (χ4v) is 3.27. The van der Waals surface area contributed by atoms with Gasteiger partial charge in [0.05, 0.1) is 17.4 Å². The van der Waals surface area contributed by atoms with Gasteiger partial charge < -0.3 is 10.3 Å². The molecule has 0 atom stereocenters. The van der Waals surface area contributed by atoms with Gasteiger partial charge in [-0.3, -0.25) is 0 Å². The summed E-state index contributed by atoms with van der Waals surface area (Å²) in [5.41, 5.74) is 6.42. The molecule has 0 fully saturated rings. The molecule has 0 saturated carbocycles. The standard InChI is InChI=1S/C22H15ClN6/c23-21-12-19-20(13-24-21)28-22(27-19)15-3-1-4-17(11-15)26-16-8-6-14(7-9-16)18-5-2-10-25-29-18/h1-13,26H,(H,27,28). The minimum atomic E-state index is 0.438. The number of H-pyrrole nitrogens is 1. The lowest BCUT2D eigenvalue weighted by Gasteiger charge is -2.08. The lowest BCUT2D eigenvalue weighted by Crippen LogP contribution is -1.92. The van der Waals surface area contributed by atoms with Crippen molar-refractivity contribution in [2.75, 3.05) is 5.32 Å². The Morgan fingerprint density at radius 3 is 2.59 bits per heavy atom. The van der Waals surface area contributed by atoms with Crippen LogP contribution >= 0.6 is 11.6 Å². The quantitative estimate of drug-likeness (QED) is 0.392. The maximum absolute atomic E-state index is 5.96. The maximum atomic E-state index is 5.96. The van der Waals surface area contributed by atoms with Crippen LogP contribution in [0.5, 0.6) is 0 Å². The van der Waals surface area contributed by atoms with Crippen LogP contribution in [0.1, 0.15) is 0 Å². The summed E-state index contributed by atoms with van der Waals surface area (Å²) < 4.78 is 0. The Kier molecular flexibility index (Phi) is 4.38. The van der Waals surface area contributed by atoms with Crippen LogP contribution in [0.4, 0.5) is 11.4 Å². The molecule has 0 aliphatic heterocycles. The Hall–Kier alpha value is -3.77. The molecule has 3 aromatic heterocycles. The molecule has 3 heterocycles. The first kappa shape index (κ1) is 17.3. The van der Waals surface area contributed by atoms with Crippen LogP contribution in [0.25, 0.3) is 33.7 Å². The van der Waals surface area contributed by atoms with Gasteiger partial charge in [0.1, 0.15) is 16.5 Å². The largest absolute Gasteiger partial charge is 0.356 e. The summed E-state index contributed by atoms with van der Waals surface area (Å²) in [6, 6.07) is 21.7. The van der Waals surface area contributed by atoms with Gasteiger partial charge in [-0.25, -0.2) is 9.97 Å². The van der Waals surface area contributed by atoms with Gasteiger partial charge >= 0.3 is 0 Å². The highest BCUT2D eigenvalue weighted by Crippen LogP contribution is 2.26. The van der Waals surface area contributed by atoms with Crippen LogP contribution in [0.2, 0.25) is 5.15 Å². The number of hydrogen-bond acceptors (Lipinski definition) is 5. The van der Waals surface area contributed by atoms with E-state index in [0.717, 1.165) is 45.1 Å². The molecule has 0 amide bonds. The van der Waals surface area contributed by atoms with Crippen LogP contribution in [-0.4, -0.2) is 25.1 Å². The number of benzene rings is 2. The van der Waals surface area contributed by atoms with Crippen molar-refractivity contribution in [2.45, 2.75) is 0 Å². The van der Waals surface area contributed by atoms with Gasteiger partial charge in [-0.1, -0.05) is 35.9 Å². The fourth-order valence-electron chi connectivity index (χ4n) is 3.12. The Morgan fingerprint density at radius 2 is 1.76 bits per heavy atom. The first-order valence-electron chi connectivity index (χ1n) is 9.01. The second kappa shape index (κ2) is 7.33. The van der Waals surface area contributed by atoms with E-state index >= 15 is 0 Å². The first-order valence-corrected chi connectivity index (χ1v) is 9.39. The lowest BCUT2D eigenvalue weighted by molar-refractivity contribution is 1.04. The van der Waals surface area contributed by atoms with Gasteiger partial charge in [0.15, 0.2) is 0 Å². The molecule has 0 radical (unpaired) electrons. The smallest absolute Gasteiger partial charge is 0.138 e. The van der Waals surface area contributed by atoms with Crippen molar-refractivity contribution in [3.63, 3.8) is 0 Å². The number of nitrogens with zero attached hydrogens (tertiary/aromatic N) is 4. The number of halogens is 1. The number of pyridine rings is 1.